The summed E-state index contributed by atoms with van der Waals surface area (Å²) in [6, 6.07) is 9.43. The number of likely N-dealkylation sites (tertiary alicyclic amines) is 1. The zero-order valence-electron chi connectivity index (χ0n) is 16.2. The summed E-state index contributed by atoms with van der Waals surface area (Å²) < 4.78 is 5.42. The summed E-state index contributed by atoms with van der Waals surface area (Å²) in [4.78, 5) is 9.28. The summed E-state index contributed by atoms with van der Waals surface area (Å²) in [7, 11) is 1.84. The molecular formula is C20H33N5O. The lowest BCUT2D eigenvalue weighted by Gasteiger charge is -2.29. The van der Waals surface area contributed by atoms with Gasteiger partial charge in [0.05, 0.1) is 13.2 Å². The van der Waals surface area contributed by atoms with Crippen LogP contribution in [0.2, 0.25) is 0 Å². The van der Waals surface area contributed by atoms with Crippen LogP contribution in [0.5, 0.6) is 0 Å². The van der Waals surface area contributed by atoms with Crippen LogP contribution < -0.4 is 15.5 Å². The number of nitrogens with one attached hydrogen (secondary N) is 2. The lowest BCUT2D eigenvalue weighted by Crippen LogP contribution is -2.44. The second-order valence-electron chi connectivity index (χ2n) is 7.00. The Hall–Kier alpha value is -1.79. The first kappa shape index (κ1) is 19.0. The van der Waals surface area contributed by atoms with E-state index < -0.39 is 0 Å². The molecule has 2 heterocycles. The van der Waals surface area contributed by atoms with Crippen molar-refractivity contribution in [3.63, 3.8) is 0 Å². The van der Waals surface area contributed by atoms with E-state index in [2.05, 4.69) is 56.6 Å². The van der Waals surface area contributed by atoms with Crippen molar-refractivity contribution in [3.05, 3.63) is 29.8 Å². The minimum atomic E-state index is 0.631. The molecule has 0 spiro atoms. The molecule has 0 aliphatic carbocycles. The SMILES string of the molecule is CCN1CCCC1CNC(=NC)NCc1ccc(N2CCOCC2)cc1. The first-order valence-corrected chi connectivity index (χ1v) is 9.90. The molecule has 6 heteroatoms. The topological polar surface area (TPSA) is 52.1 Å². The zero-order valence-corrected chi connectivity index (χ0v) is 16.2. The number of guanidine groups is 1. The van der Waals surface area contributed by atoms with Gasteiger partial charge in [0.15, 0.2) is 5.96 Å². The first-order valence-electron chi connectivity index (χ1n) is 9.90. The van der Waals surface area contributed by atoms with E-state index in [0.717, 1.165) is 51.9 Å². The molecule has 3 rings (SSSR count). The minimum absolute atomic E-state index is 0.631. The average molecular weight is 360 g/mol. The Morgan fingerprint density at radius 1 is 1.15 bits per heavy atom. The van der Waals surface area contributed by atoms with Crippen LogP contribution in [0.3, 0.4) is 0 Å². The van der Waals surface area contributed by atoms with Gasteiger partial charge in [0.1, 0.15) is 0 Å². The van der Waals surface area contributed by atoms with E-state index in [9.17, 15) is 0 Å². The van der Waals surface area contributed by atoms with Crippen LogP contribution >= 0.6 is 0 Å². The Morgan fingerprint density at radius 2 is 1.92 bits per heavy atom. The van der Waals surface area contributed by atoms with Crippen LogP contribution in [0.4, 0.5) is 5.69 Å². The Balaban J connectivity index is 1.44. The molecule has 0 amide bonds. The maximum atomic E-state index is 5.42. The fourth-order valence-electron chi connectivity index (χ4n) is 3.81. The third kappa shape index (κ3) is 5.11. The molecule has 0 radical (unpaired) electrons. The molecule has 26 heavy (non-hydrogen) atoms. The van der Waals surface area contributed by atoms with Crippen molar-refractivity contribution in [1.29, 1.82) is 0 Å². The number of benzene rings is 1. The number of likely N-dealkylation sites (N-methyl/N-ethyl adjacent to an activating group) is 1. The Bertz CT molecular complexity index is 568. The van der Waals surface area contributed by atoms with Crippen LogP contribution in [-0.2, 0) is 11.3 Å². The van der Waals surface area contributed by atoms with E-state index in [1.54, 1.807) is 0 Å². The van der Waals surface area contributed by atoms with Crippen molar-refractivity contribution in [2.45, 2.75) is 32.4 Å². The molecule has 2 aliphatic heterocycles. The molecule has 0 aromatic heterocycles. The number of rotatable bonds is 6. The quantitative estimate of drug-likeness (QED) is 0.598. The lowest BCUT2D eigenvalue weighted by atomic mass is 10.2. The third-order valence-electron chi connectivity index (χ3n) is 5.41. The van der Waals surface area contributed by atoms with Gasteiger partial charge in [-0.1, -0.05) is 19.1 Å². The summed E-state index contributed by atoms with van der Waals surface area (Å²) in [5, 5.41) is 6.91. The van der Waals surface area contributed by atoms with Crippen LogP contribution in [-0.4, -0.2) is 69.9 Å². The van der Waals surface area contributed by atoms with Gasteiger partial charge >= 0.3 is 0 Å². The predicted octanol–water partition coefficient (Wildman–Crippen LogP) is 1.67. The van der Waals surface area contributed by atoms with Crippen LogP contribution in [0.1, 0.15) is 25.3 Å². The molecule has 0 bridgehead atoms. The molecule has 144 valence electrons. The highest BCUT2D eigenvalue weighted by Gasteiger charge is 2.22. The fraction of sp³-hybridized carbons (Fsp3) is 0.650. The molecule has 6 nitrogen and oxygen atoms in total. The second-order valence-corrected chi connectivity index (χ2v) is 7.00. The fourth-order valence-corrected chi connectivity index (χ4v) is 3.81. The summed E-state index contributed by atoms with van der Waals surface area (Å²) in [5.41, 5.74) is 2.54. The monoisotopic (exact) mass is 359 g/mol. The molecule has 2 aliphatic rings. The highest BCUT2D eigenvalue weighted by molar-refractivity contribution is 5.79. The van der Waals surface area contributed by atoms with E-state index in [1.807, 2.05) is 7.05 Å². The van der Waals surface area contributed by atoms with Crippen molar-refractivity contribution < 1.29 is 4.74 Å². The number of hydrogen-bond donors (Lipinski definition) is 2. The van der Waals surface area contributed by atoms with Gasteiger partial charge in [0.25, 0.3) is 0 Å². The molecule has 1 aromatic carbocycles. The van der Waals surface area contributed by atoms with Crippen molar-refractivity contribution in [2.75, 3.05) is 57.9 Å². The van der Waals surface area contributed by atoms with E-state index >= 15 is 0 Å². The van der Waals surface area contributed by atoms with E-state index in [-0.39, 0.29) is 0 Å². The van der Waals surface area contributed by atoms with E-state index in [4.69, 9.17) is 4.74 Å². The molecule has 1 aromatic rings. The van der Waals surface area contributed by atoms with Gasteiger partial charge in [0, 0.05) is 45.0 Å². The van der Waals surface area contributed by atoms with Crippen LogP contribution in [0.25, 0.3) is 0 Å². The number of hydrogen-bond acceptors (Lipinski definition) is 4. The number of anilines is 1. The lowest BCUT2D eigenvalue weighted by molar-refractivity contribution is 0.122. The molecule has 1 unspecified atom stereocenters. The Kier molecular flexibility index (Phi) is 7.14. The van der Waals surface area contributed by atoms with Crippen molar-refractivity contribution in [2.24, 2.45) is 4.99 Å². The molecule has 2 N–H and O–H groups in total. The van der Waals surface area contributed by atoms with Crippen LogP contribution in [0, 0.1) is 0 Å². The van der Waals surface area contributed by atoms with Gasteiger partial charge in [-0.05, 0) is 43.6 Å². The van der Waals surface area contributed by atoms with Crippen molar-refractivity contribution in [3.8, 4) is 0 Å². The number of nitrogens with zero attached hydrogens (tertiary/aromatic N) is 3. The minimum Gasteiger partial charge on any atom is -0.378 e. The van der Waals surface area contributed by atoms with Gasteiger partial charge in [-0.2, -0.15) is 0 Å². The molecular weight excluding hydrogens is 326 g/mol. The van der Waals surface area contributed by atoms with Crippen molar-refractivity contribution >= 4 is 11.6 Å². The van der Waals surface area contributed by atoms with Gasteiger partial charge in [-0.3, -0.25) is 9.89 Å². The summed E-state index contributed by atoms with van der Waals surface area (Å²) in [6.07, 6.45) is 2.59. The summed E-state index contributed by atoms with van der Waals surface area (Å²) in [6.45, 7) is 9.94. The molecule has 2 fully saturated rings. The standard InChI is InChI=1S/C20H33N5O/c1-3-24-10-4-5-19(24)16-23-20(21-2)22-15-17-6-8-18(9-7-17)25-11-13-26-14-12-25/h6-9,19H,3-5,10-16H2,1-2H3,(H2,21,22,23). The molecule has 0 saturated carbocycles. The van der Waals surface area contributed by atoms with Gasteiger partial charge in [-0.15, -0.1) is 0 Å². The van der Waals surface area contributed by atoms with Gasteiger partial charge in [-0.25, -0.2) is 0 Å². The summed E-state index contributed by atoms with van der Waals surface area (Å²) in [5.74, 6) is 0.880. The second kappa shape index (κ2) is 9.78. The number of morpholine rings is 1. The zero-order chi connectivity index (χ0) is 18.2. The number of ether oxygens (including phenoxy) is 1. The van der Waals surface area contributed by atoms with Gasteiger partial charge < -0.3 is 20.3 Å². The predicted molar refractivity (Wildman–Crippen MR) is 108 cm³/mol. The molecule has 2 saturated heterocycles. The van der Waals surface area contributed by atoms with Crippen molar-refractivity contribution in [1.82, 2.24) is 15.5 Å². The van der Waals surface area contributed by atoms with E-state index in [0.29, 0.717) is 6.04 Å². The highest BCUT2D eigenvalue weighted by Crippen LogP contribution is 2.17. The third-order valence-corrected chi connectivity index (χ3v) is 5.41. The van der Waals surface area contributed by atoms with Gasteiger partial charge in [0.2, 0.25) is 0 Å². The maximum absolute atomic E-state index is 5.42. The number of aliphatic imine (C=N–C) groups is 1. The molecule has 1 atom stereocenters. The van der Waals surface area contributed by atoms with E-state index in [1.165, 1.54) is 30.6 Å². The average Bonchev–Trinajstić information content (AvgIpc) is 3.17. The smallest absolute Gasteiger partial charge is 0.191 e. The Morgan fingerprint density at radius 3 is 2.62 bits per heavy atom. The maximum Gasteiger partial charge on any atom is 0.191 e. The normalized spacial score (nSPS) is 21.8. The Labute approximate surface area is 157 Å². The largest absolute Gasteiger partial charge is 0.378 e. The first-order chi connectivity index (χ1) is 12.8. The highest BCUT2D eigenvalue weighted by atomic mass is 16.5. The summed E-state index contributed by atoms with van der Waals surface area (Å²) >= 11 is 0. The van der Waals surface area contributed by atoms with Crippen LogP contribution in [0.15, 0.2) is 29.3 Å².